The lowest BCUT2D eigenvalue weighted by atomic mass is 10.1. The number of carbonyl (C=O) groups is 1. The van der Waals surface area contributed by atoms with Gasteiger partial charge in [0.15, 0.2) is 0 Å². The van der Waals surface area contributed by atoms with Crippen LogP contribution in [-0.4, -0.2) is 16.4 Å². The molecule has 0 unspecified atom stereocenters. The van der Waals surface area contributed by atoms with Gasteiger partial charge in [-0.1, -0.05) is 40.2 Å². The molecule has 0 atom stereocenters. The molecule has 3 heteroatoms. The van der Waals surface area contributed by atoms with E-state index in [4.69, 9.17) is 5.11 Å². The van der Waals surface area contributed by atoms with E-state index in [-0.39, 0.29) is 0 Å². The Morgan fingerprint density at radius 2 is 2.29 bits per heavy atom. The molecule has 0 saturated heterocycles. The number of hydrogen-bond donors (Lipinski definition) is 1. The number of halogens is 1. The van der Waals surface area contributed by atoms with Crippen LogP contribution in [0.25, 0.3) is 6.08 Å². The van der Waals surface area contributed by atoms with E-state index in [0.29, 0.717) is 0 Å². The largest absolute Gasteiger partial charge is 0.478 e. The molecule has 0 saturated carbocycles. The molecule has 0 aliphatic carbocycles. The third-order valence-corrected chi connectivity index (χ3v) is 2.15. The molecule has 0 heterocycles. The fraction of sp³-hybridized carbons (Fsp3) is 0.182. The Morgan fingerprint density at radius 3 is 2.93 bits per heavy atom. The zero-order chi connectivity index (χ0) is 10.4. The van der Waals surface area contributed by atoms with Crippen LogP contribution in [0, 0.1) is 0 Å². The maximum Gasteiger partial charge on any atom is 0.328 e. The van der Waals surface area contributed by atoms with E-state index in [1.807, 2.05) is 24.3 Å². The fourth-order valence-corrected chi connectivity index (χ4v) is 1.59. The number of benzene rings is 1. The van der Waals surface area contributed by atoms with E-state index >= 15 is 0 Å². The first-order chi connectivity index (χ1) is 6.72. The van der Waals surface area contributed by atoms with Gasteiger partial charge in [-0.15, -0.1) is 0 Å². The van der Waals surface area contributed by atoms with Crippen LogP contribution in [0.15, 0.2) is 30.3 Å². The Hall–Kier alpha value is -1.09. The van der Waals surface area contributed by atoms with Gasteiger partial charge in [-0.2, -0.15) is 0 Å². The predicted molar refractivity (Wildman–Crippen MR) is 60.6 cm³/mol. The van der Waals surface area contributed by atoms with Gasteiger partial charge >= 0.3 is 5.97 Å². The summed E-state index contributed by atoms with van der Waals surface area (Å²) in [5.74, 6) is -0.920. The van der Waals surface area contributed by atoms with Gasteiger partial charge in [-0.3, -0.25) is 0 Å². The van der Waals surface area contributed by atoms with E-state index in [2.05, 4.69) is 15.9 Å². The van der Waals surface area contributed by atoms with Gasteiger partial charge in [0.1, 0.15) is 0 Å². The van der Waals surface area contributed by atoms with E-state index in [0.717, 1.165) is 23.4 Å². The second kappa shape index (κ2) is 5.60. The van der Waals surface area contributed by atoms with E-state index in [1.54, 1.807) is 6.08 Å². The van der Waals surface area contributed by atoms with Crippen molar-refractivity contribution in [2.75, 3.05) is 5.33 Å². The topological polar surface area (TPSA) is 37.3 Å². The highest BCUT2D eigenvalue weighted by Crippen LogP contribution is 2.08. The van der Waals surface area contributed by atoms with E-state index < -0.39 is 5.97 Å². The van der Waals surface area contributed by atoms with Crippen LogP contribution in [0.5, 0.6) is 0 Å². The summed E-state index contributed by atoms with van der Waals surface area (Å²) >= 11 is 3.36. The standard InChI is InChI=1S/C11H11BrO2/c12-7-6-10-3-1-2-9(8-10)4-5-11(13)14/h1-5,8H,6-7H2,(H,13,14)/b5-4+. The van der Waals surface area contributed by atoms with E-state index in [9.17, 15) is 4.79 Å². The number of hydrogen-bond acceptors (Lipinski definition) is 1. The predicted octanol–water partition coefficient (Wildman–Crippen LogP) is 2.72. The summed E-state index contributed by atoms with van der Waals surface area (Å²) in [6.45, 7) is 0. The van der Waals surface area contributed by atoms with Crippen LogP contribution in [0.2, 0.25) is 0 Å². The van der Waals surface area contributed by atoms with Crippen molar-refractivity contribution < 1.29 is 9.90 Å². The fourth-order valence-electron chi connectivity index (χ4n) is 1.13. The zero-order valence-corrected chi connectivity index (χ0v) is 9.20. The van der Waals surface area contributed by atoms with Crippen LogP contribution in [0.3, 0.4) is 0 Å². The van der Waals surface area contributed by atoms with Crippen molar-refractivity contribution in [3.05, 3.63) is 41.5 Å². The lowest BCUT2D eigenvalue weighted by Gasteiger charge is -1.98. The molecule has 74 valence electrons. The number of aryl methyl sites for hydroxylation is 1. The highest BCUT2D eigenvalue weighted by atomic mass is 79.9. The van der Waals surface area contributed by atoms with Gasteiger partial charge in [-0.25, -0.2) is 4.79 Å². The summed E-state index contributed by atoms with van der Waals surface area (Å²) < 4.78 is 0. The smallest absolute Gasteiger partial charge is 0.328 e. The molecule has 0 spiro atoms. The molecule has 1 aromatic carbocycles. The Labute approximate surface area is 91.4 Å². The average molecular weight is 255 g/mol. The minimum absolute atomic E-state index is 0.916. The van der Waals surface area contributed by atoms with Gasteiger partial charge in [0.2, 0.25) is 0 Å². The molecule has 2 nitrogen and oxygen atoms in total. The molecule has 0 aliphatic rings. The molecular weight excluding hydrogens is 244 g/mol. The summed E-state index contributed by atoms with van der Waals surface area (Å²) in [6, 6.07) is 7.83. The highest BCUT2D eigenvalue weighted by molar-refractivity contribution is 9.09. The molecule has 1 aromatic rings. The van der Waals surface area contributed by atoms with Crippen molar-refractivity contribution in [3.63, 3.8) is 0 Å². The minimum atomic E-state index is -0.920. The van der Waals surface area contributed by atoms with Crippen LogP contribution in [-0.2, 0) is 11.2 Å². The maximum absolute atomic E-state index is 10.3. The first kappa shape index (κ1) is 11.0. The van der Waals surface area contributed by atoms with E-state index in [1.165, 1.54) is 5.56 Å². The van der Waals surface area contributed by atoms with Crippen LogP contribution < -0.4 is 0 Å². The average Bonchev–Trinajstić information content (AvgIpc) is 2.16. The molecular formula is C11H11BrO2. The van der Waals surface area contributed by atoms with Crippen molar-refractivity contribution >= 4 is 28.0 Å². The summed E-state index contributed by atoms with van der Waals surface area (Å²) in [4.78, 5) is 10.3. The number of carboxylic acids is 1. The third-order valence-electron chi connectivity index (χ3n) is 1.75. The highest BCUT2D eigenvalue weighted by Gasteiger charge is 1.93. The molecule has 0 bridgehead atoms. The van der Waals surface area contributed by atoms with Gasteiger partial charge in [0.25, 0.3) is 0 Å². The molecule has 0 amide bonds. The quantitative estimate of drug-likeness (QED) is 0.663. The number of rotatable bonds is 4. The number of alkyl halides is 1. The van der Waals surface area contributed by atoms with Crippen LogP contribution >= 0.6 is 15.9 Å². The lowest BCUT2D eigenvalue weighted by Crippen LogP contribution is -1.88. The number of carboxylic acid groups (broad SMARTS) is 1. The molecule has 0 fully saturated rings. The monoisotopic (exact) mass is 254 g/mol. The Bertz CT molecular complexity index is 345. The first-order valence-corrected chi connectivity index (χ1v) is 5.40. The van der Waals surface area contributed by atoms with Gasteiger partial charge in [0, 0.05) is 11.4 Å². The van der Waals surface area contributed by atoms with Crippen LogP contribution in [0.1, 0.15) is 11.1 Å². The van der Waals surface area contributed by atoms with Crippen molar-refractivity contribution in [3.8, 4) is 0 Å². The molecule has 0 aromatic heterocycles. The second-order valence-electron chi connectivity index (χ2n) is 2.86. The van der Waals surface area contributed by atoms with Crippen molar-refractivity contribution in [2.24, 2.45) is 0 Å². The van der Waals surface area contributed by atoms with Crippen molar-refractivity contribution in [1.29, 1.82) is 0 Å². The SMILES string of the molecule is O=C(O)/C=C/c1cccc(CCBr)c1. The van der Waals surface area contributed by atoms with Crippen molar-refractivity contribution in [1.82, 2.24) is 0 Å². The number of aliphatic carboxylic acids is 1. The summed E-state index contributed by atoms with van der Waals surface area (Å²) in [7, 11) is 0. The molecule has 1 rings (SSSR count). The molecule has 0 radical (unpaired) electrons. The van der Waals surface area contributed by atoms with Crippen LogP contribution in [0.4, 0.5) is 0 Å². The Kier molecular flexibility index (Phi) is 4.40. The van der Waals surface area contributed by atoms with Gasteiger partial charge in [0.05, 0.1) is 0 Å². The third kappa shape index (κ3) is 3.75. The zero-order valence-electron chi connectivity index (χ0n) is 7.61. The molecule has 0 aliphatic heterocycles. The summed E-state index contributed by atoms with van der Waals surface area (Å²) in [5.41, 5.74) is 2.13. The molecule has 1 N–H and O–H groups in total. The minimum Gasteiger partial charge on any atom is -0.478 e. The Morgan fingerprint density at radius 1 is 1.50 bits per heavy atom. The first-order valence-electron chi connectivity index (χ1n) is 4.28. The second-order valence-corrected chi connectivity index (χ2v) is 3.65. The normalized spacial score (nSPS) is 10.6. The van der Waals surface area contributed by atoms with Gasteiger partial charge in [-0.05, 0) is 23.6 Å². The maximum atomic E-state index is 10.3. The molecule has 14 heavy (non-hydrogen) atoms. The van der Waals surface area contributed by atoms with Crippen molar-refractivity contribution in [2.45, 2.75) is 6.42 Å². The Balaban J connectivity index is 2.77. The lowest BCUT2D eigenvalue weighted by molar-refractivity contribution is -0.131. The summed E-state index contributed by atoms with van der Waals surface area (Å²) in [5, 5.41) is 9.37. The van der Waals surface area contributed by atoms with Gasteiger partial charge < -0.3 is 5.11 Å². The summed E-state index contributed by atoms with van der Waals surface area (Å²) in [6.07, 6.45) is 3.70.